The lowest BCUT2D eigenvalue weighted by atomic mass is 10.2. The quantitative estimate of drug-likeness (QED) is 0.534. The lowest BCUT2D eigenvalue weighted by molar-refractivity contribution is 0.0977. The van der Waals surface area contributed by atoms with E-state index in [0.717, 1.165) is 12.1 Å². The molecule has 0 atom stereocenters. The molecule has 0 unspecified atom stereocenters. The summed E-state index contributed by atoms with van der Waals surface area (Å²) in [5.41, 5.74) is -0.324. The predicted molar refractivity (Wildman–Crippen MR) is 103 cm³/mol. The van der Waals surface area contributed by atoms with E-state index in [4.69, 9.17) is 0 Å². The first-order chi connectivity index (χ1) is 14.3. The van der Waals surface area contributed by atoms with Gasteiger partial charge in [-0.3, -0.25) is 14.8 Å². The Kier molecular flexibility index (Phi) is 4.74. The van der Waals surface area contributed by atoms with Crippen LogP contribution in [-0.2, 0) is 17.1 Å². The maximum atomic E-state index is 14.1. The highest BCUT2D eigenvalue weighted by molar-refractivity contribution is 7.90. The number of aryl methyl sites for hydroxylation is 1. The summed E-state index contributed by atoms with van der Waals surface area (Å²) >= 11 is 0. The average molecular weight is 429 g/mol. The summed E-state index contributed by atoms with van der Waals surface area (Å²) in [5, 5.41) is 0. The third-order valence-electron chi connectivity index (χ3n) is 4.27. The molecule has 152 valence electrons. The van der Waals surface area contributed by atoms with Crippen LogP contribution < -0.4 is 4.72 Å². The van der Waals surface area contributed by atoms with Gasteiger partial charge in [0.1, 0.15) is 33.6 Å². The molecule has 0 radical (unpaired) electrons. The maximum Gasteiger partial charge on any atom is 0.285 e. The molecule has 0 aliphatic rings. The van der Waals surface area contributed by atoms with Crippen molar-refractivity contribution in [2.75, 3.05) is 0 Å². The van der Waals surface area contributed by atoms with E-state index in [1.165, 1.54) is 48.4 Å². The van der Waals surface area contributed by atoms with E-state index in [9.17, 15) is 22.0 Å². The molecule has 0 saturated carbocycles. The second kappa shape index (κ2) is 7.26. The minimum Gasteiger partial charge on any atom is -0.333 e. The summed E-state index contributed by atoms with van der Waals surface area (Å²) < 4.78 is 56.8. The number of nitrogens with one attached hydrogen (secondary N) is 1. The van der Waals surface area contributed by atoms with Crippen LogP contribution in [-0.4, -0.2) is 33.8 Å². The number of fused-ring (bicyclic) bond motifs is 1. The molecular weight excluding hydrogens is 416 g/mol. The van der Waals surface area contributed by atoms with E-state index in [2.05, 4.69) is 15.0 Å². The van der Waals surface area contributed by atoms with Crippen molar-refractivity contribution in [3.05, 3.63) is 72.3 Å². The Hall–Kier alpha value is -3.73. The Morgan fingerprint density at radius 1 is 1.03 bits per heavy atom. The van der Waals surface area contributed by atoms with Crippen LogP contribution in [0, 0.1) is 11.6 Å². The Morgan fingerprint density at radius 3 is 2.43 bits per heavy atom. The van der Waals surface area contributed by atoms with Gasteiger partial charge in [0.2, 0.25) is 0 Å². The van der Waals surface area contributed by atoms with Crippen molar-refractivity contribution >= 4 is 27.0 Å². The highest BCUT2D eigenvalue weighted by Gasteiger charge is 2.25. The van der Waals surface area contributed by atoms with Gasteiger partial charge in [-0.05, 0) is 24.3 Å². The van der Waals surface area contributed by atoms with Crippen LogP contribution in [0.4, 0.5) is 8.78 Å². The number of hydrogen-bond acceptors (Lipinski definition) is 6. The molecule has 1 N–H and O–H groups in total. The number of hydrogen-bond donors (Lipinski definition) is 1. The van der Waals surface area contributed by atoms with Crippen LogP contribution in [0.25, 0.3) is 22.4 Å². The van der Waals surface area contributed by atoms with Crippen LogP contribution in [0.1, 0.15) is 10.5 Å². The first kappa shape index (κ1) is 19.6. The SMILES string of the molecule is Cn1cc(C(=O)NS(=O)(=O)c2cccc3nccnc23)nc1-c1c(F)cccc1F. The topological polar surface area (TPSA) is 107 Å². The maximum absolute atomic E-state index is 14.1. The number of carbonyl (C=O) groups is 1. The van der Waals surface area contributed by atoms with Crippen LogP contribution in [0.5, 0.6) is 0 Å². The second-order valence-electron chi connectivity index (χ2n) is 6.27. The van der Waals surface area contributed by atoms with E-state index in [1.54, 1.807) is 6.07 Å². The lowest BCUT2D eigenvalue weighted by Crippen LogP contribution is -2.31. The Labute approximate surface area is 169 Å². The standard InChI is InChI=1S/C19H13F2N5O3S/c1-26-10-14(24-18(26)16-11(20)4-2-5-12(16)21)19(27)25-30(28,29)15-7-3-6-13-17(15)23-9-8-22-13/h2-10H,1H3,(H,25,27). The molecule has 0 aliphatic heterocycles. The minimum absolute atomic E-state index is 0.0930. The summed E-state index contributed by atoms with van der Waals surface area (Å²) in [5.74, 6) is -2.95. The molecule has 11 heteroatoms. The van der Waals surface area contributed by atoms with E-state index >= 15 is 0 Å². The predicted octanol–water partition coefficient (Wildman–Crippen LogP) is 2.43. The van der Waals surface area contributed by atoms with Gasteiger partial charge >= 0.3 is 0 Å². The van der Waals surface area contributed by atoms with Gasteiger partial charge in [-0.2, -0.15) is 0 Å². The van der Waals surface area contributed by atoms with Gasteiger partial charge in [0.05, 0.1) is 11.1 Å². The van der Waals surface area contributed by atoms with Crippen molar-refractivity contribution in [2.45, 2.75) is 4.90 Å². The highest BCUT2D eigenvalue weighted by Crippen LogP contribution is 2.25. The third-order valence-corrected chi connectivity index (χ3v) is 5.64. The first-order valence-electron chi connectivity index (χ1n) is 8.52. The van der Waals surface area contributed by atoms with Crippen LogP contribution in [0.15, 0.2) is 59.9 Å². The molecule has 2 aromatic heterocycles. The molecule has 0 saturated heterocycles. The number of amides is 1. The summed E-state index contributed by atoms with van der Waals surface area (Å²) in [6.07, 6.45) is 3.92. The van der Waals surface area contributed by atoms with Crippen molar-refractivity contribution in [3.8, 4) is 11.4 Å². The summed E-state index contributed by atoms with van der Waals surface area (Å²) in [7, 11) is -2.89. The molecule has 0 aliphatic carbocycles. The molecule has 2 aromatic carbocycles. The summed E-state index contributed by atoms with van der Waals surface area (Å²) in [6.45, 7) is 0. The second-order valence-corrected chi connectivity index (χ2v) is 7.92. The molecular formula is C19H13F2N5O3S. The fraction of sp³-hybridized carbons (Fsp3) is 0.0526. The zero-order valence-electron chi connectivity index (χ0n) is 15.4. The Morgan fingerprint density at radius 2 is 1.70 bits per heavy atom. The zero-order chi connectivity index (χ0) is 21.5. The van der Waals surface area contributed by atoms with Gasteiger partial charge in [-0.1, -0.05) is 12.1 Å². The number of nitrogens with zero attached hydrogens (tertiary/aromatic N) is 4. The molecule has 4 rings (SSSR count). The van der Waals surface area contributed by atoms with Gasteiger partial charge in [0, 0.05) is 25.6 Å². The van der Waals surface area contributed by atoms with Gasteiger partial charge in [-0.25, -0.2) is 26.9 Å². The molecule has 0 fully saturated rings. The van der Waals surface area contributed by atoms with Gasteiger partial charge in [0.25, 0.3) is 15.9 Å². The Balaban J connectivity index is 1.69. The fourth-order valence-corrected chi connectivity index (χ4v) is 4.06. The number of benzene rings is 2. The molecule has 4 aromatic rings. The number of aromatic nitrogens is 4. The number of sulfonamides is 1. The number of carbonyl (C=O) groups excluding carboxylic acids is 1. The highest BCUT2D eigenvalue weighted by atomic mass is 32.2. The van der Waals surface area contributed by atoms with Crippen LogP contribution in [0.2, 0.25) is 0 Å². The number of halogens is 2. The zero-order valence-corrected chi connectivity index (χ0v) is 16.2. The smallest absolute Gasteiger partial charge is 0.285 e. The minimum atomic E-state index is -4.32. The van der Waals surface area contributed by atoms with Gasteiger partial charge in [0.15, 0.2) is 0 Å². The largest absolute Gasteiger partial charge is 0.333 e. The monoisotopic (exact) mass is 429 g/mol. The molecule has 2 heterocycles. The van der Waals surface area contributed by atoms with Crippen molar-refractivity contribution in [1.82, 2.24) is 24.2 Å². The van der Waals surface area contributed by atoms with Crippen LogP contribution >= 0.6 is 0 Å². The lowest BCUT2D eigenvalue weighted by Gasteiger charge is -2.07. The average Bonchev–Trinajstić information content (AvgIpc) is 3.09. The van der Waals surface area contributed by atoms with E-state index in [0.29, 0.717) is 5.52 Å². The number of para-hydroxylation sites is 1. The van der Waals surface area contributed by atoms with E-state index < -0.39 is 33.1 Å². The molecule has 1 amide bonds. The molecule has 0 spiro atoms. The van der Waals surface area contributed by atoms with Crippen molar-refractivity contribution in [1.29, 1.82) is 0 Å². The van der Waals surface area contributed by atoms with Gasteiger partial charge in [-0.15, -0.1) is 0 Å². The normalized spacial score (nSPS) is 11.6. The number of imidazole rings is 1. The first-order valence-corrected chi connectivity index (χ1v) is 10.0. The Bertz CT molecular complexity index is 1380. The van der Waals surface area contributed by atoms with E-state index in [-0.39, 0.29) is 21.9 Å². The summed E-state index contributed by atoms with van der Waals surface area (Å²) in [6, 6.07) is 7.64. The summed E-state index contributed by atoms with van der Waals surface area (Å²) in [4.78, 5) is 24.3. The van der Waals surface area contributed by atoms with Gasteiger partial charge < -0.3 is 4.57 Å². The van der Waals surface area contributed by atoms with Crippen LogP contribution in [0.3, 0.4) is 0 Å². The van der Waals surface area contributed by atoms with Crippen molar-refractivity contribution in [3.63, 3.8) is 0 Å². The molecule has 8 nitrogen and oxygen atoms in total. The molecule has 0 bridgehead atoms. The van der Waals surface area contributed by atoms with E-state index in [1.807, 2.05) is 4.72 Å². The number of rotatable bonds is 4. The third kappa shape index (κ3) is 3.39. The molecule has 30 heavy (non-hydrogen) atoms. The fourth-order valence-electron chi connectivity index (χ4n) is 2.93. The van der Waals surface area contributed by atoms with Crippen molar-refractivity contribution < 1.29 is 22.0 Å². The van der Waals surface area contributed by atoms with Crippen molar-refractivity contribution in [2.24, 2.45) is 7.05 Å².